The molecule has 0 saturated heterocycles. The zero-order valence-corrected chi connectivity index (χ0v) is 15.7. The van der Waals surface area contributed by atoms with E-state index in [9.17, 15) is 9.67 Å². The van der Waals surface area contributed by atoms with Gasteiger partial charge in [0.1, 0.15) is 19.1 Å². The summed E-state index contributed by atoms with van der Waals surface area (Å²) in [6, 6.07) is 29.8. The number of aliphatic hydroxyl groups excluding tert-OH is 1. The molecule has 26 heavy (non-hydrogen) atoms. The summed E-state index contributed by atoms with van der Waals surface area (Å²) in [5.74, 6) is 0. The molecule has 3 aromatic carbocycles. The molecule has 1 N–H and O–H groups in total. The molecule has 3 aromatic rings. The second-order valence-corrected chi connectivity index (χ2v) is 9.63. The molecule has 0 unspecified atom stereocenters. The first-order chi connectivity index (χ1) is 12.6. The average molecular weight is 366 g/mol. The monoisotopic (exact) mass is 366 g/mol. The summed E-state index contributed by atoms with van der Waals surface area (Å²) in [7, 11) is -2.80. The highest BCUT2D eigenvalue weighted by molar-refractivity contribution is 7.62. The lowest BCUT2D eigenvalue weighted by Gasteiger charge is -2.36. The first-order valence-corrected chi connectivity index (χ1v) is 11.1. The number of aliphatic hydroxyl groups is 1. The molecule has 134 valence electrons. The third-order valence-electron chi connectivity index (χ3n) is 4.39. The maximum atomic E-state index is 12.5. The van der Waals surface area contributed by atoms with E-state index in [1.165, 1.54) is 0 Å². The number of hydrogen-bond acceptors (Lipinski definition) is 3. The third-order valence-corrected chi connectivity index (χ3v) is 5.67. The highest BCUT2D eigenvalue weighted by Gasteiger charge is 2.38. The Labute approximate surface area is 154 Å². The number of ether oxygens (including phenoxy) is 1. The van der Waals surface area contributed by atoms with Crippen LogP contribution in [0.3, 0.4) is 0 Å². The molecule has 0 aliphatic carbocycles. The fourth-order valence-corrected chi connectivity index (χ4v) is 3.59. The van der Waals surface area contributed by atoms with Gasteiger partial charge < -0.3 is 14.4 Å². The Hall–Kier alpha value is -2.19. The highest BCUT2D eigenvalue weighted by Crippen LogP contribution is 2.46. The van der Waals surface area contributed by atoms with E-state index in [-0.39, 0.29) is 12.7 Å². The predicted octanol–water partition coefficient (Wildman–Crippen LogP) is 4.90. The van der Waals surface area contributed by atoms with Gasteiger partial charge in [0.05, 0.1) is 6.35 Å². The molecular weight excluding hydrogens is 343 g/mol. The van der Waals surface area contributed by atoms with Crippen molar-refractivity contribution in [3.8, 4) is 0 Å². The SMILES string of the molecule is C[P@](=O)(CO)COC(c1ccccc1)(c1ccccc1)c1ccccc1. The molecule has 0 saturated carbocycles. The summed E-state index contributed by atoms with van der Waals surface area (Å²) in [6.07, 6.45) is -0.385. The zero-order valence-electron chi connectivity index (χ0n) is 14.8. The fraction of sp³-hybridized carbons (Fsp3) is 0.182. The Morgan fingerprint density at radius 1 is 0.769 bits per heavy atom. The zero-order chi connectivity index (χ0) is 18.5. The quantitative estimate of drug-likeness (QED) is 0.478. The molecule has 3 rings (SSSR count). The van der Waals surface area contributed by atoms with Crippen LogP contribution >= 0.6 is 7.14 Å². The van der Waals surface area contributed by atoms with Crippen LogP contribution in [0.4, 0.5) is 0 Å². The van der Waals surface area contributed by atoms with Crippen molar-refractivity contribution < 1.29 is 14.4 Å². The smallest absolute Gasteiger partial charge is 0.144 e. The van der Waals surface area contributed by atoms with E-state index in [1.54, 1.807) is 6.66 Å². The Kier molecular flexibility index (Phi) is 5.73. The second-order valence-electron chi connectivity index (χ2n) is 6.49. The van der Waals surface area contributed by atoms with Gasteiger partial charge in [-0.3, -0.25) is 0 Å². The number of rotatable bonds is 7. The van der Waals surface area contributed by atoms with Crippen molar-refractivity contribution >= 4 is 7.14 Å². The lowest BCUT2D eigenvalue weighted by Crippen LogP contribution is -2.33. The molecule has 0 spiro atoms. The van der Waals surface area contributed by atoms with E-state index in [0.29, 0.717) is 0 Å². The maximum absolute atomic E-state index is 12.5. The Balaban J connectivity index is 2.23. The van der Waals surface area contributed by atoms with Crippen LogP contribution in [0.2, 0.25) is 0 Å². The van der Waals surface area contributed by atoms with E-state index in [4.69, 9.17) is 4.74 Å². The summed E-state index contributed by atoms with van der Waals surface area (Å²) in [5, 5.41) is 9.46. The topological polar surface area (TPSA) is 46.5 Å². The summed E-state index contributed by atoms with van der Waals surface area (Å²) in [6.45, 7) is 1.57. The van der Waals surface area contributed by atoms with Gasteiger partial charge in [-0.05, 0) is 23.4 Å². The standard InChI is InChI=1S/C22H23O3P/c1-26(24,17-23)18-25-22(19-11-5-2-6-12-19,20-13-7-3-8-14-20)21-15-9-4-10-16-21/h2-16,23H,17-18H2,1H3/t26-/m0/s1. The Morgan fingerprint density at radius 2 is 1.12 bits per heavy atom. The minimum absolute atomic E-state index is 0.0117. The van der Waals surface area contributed by atoms with E-state index in [1.807, 2.05) is 91.0 Å². The molecule has 0 aliphatic rings. The summed E-state index contributed by atoms with van der Waals surface area (Å²) in [4.78, 5) is 0. The van der Waals surface area contributed by atoms with Crippen LogP contribution in [0.25, 0.3) is 0 Å². The van der Waals surface area contributed by atoms with E-state index in [0.717, 1.165) is 16.7 Å². The van der Waals surface area contributed by atoms with Crippen LogP contribution in [-0.2, 0) is 14.9 Å². The van der Waals surface area contributed by atoms with Gasteiger partial charge >= 0.3 is 0 Å². The van der Waals surface area contributed by atoms with Crippen molar-refractivity contribution in [2.45, 2.75) is 5.60 Å². The highest BCUT2D eigenvalue weighted by atomic mass is 31.2. The normalized spacial score (nSPS) is 13.9. The van der Waals surface area contributed by atoms with Crippen molar-refractivity contribution in [3.63, 3.8) is 0 Å². The molecule has 4 heteroatoms. The first-order valence-electron chi connectivity index (χ1n) is 8.55. The van der Waals surface area contributed by atoms with Crippen molar-refractivity contribution in [3.05, 3.63) is 108 Å². The van der Waals surface area contributed by atoms with E-state index < -0.39 is 12.7 Å². The first kappa shape index (κ1) is 18.6. The van der Waals surface area contributed by atoms with Crippen LogP contribution in [0.1, 0.15) is 16.7 Å². The molecule has 3 nitrogen and oxygen atoms in total. The minimum atomic E-state index is -2.80. The Bertz CT molecular complexity index is 767. The minimum Gasteiger partial charge on any atom is -0.389 e. The van der Waals surface area contributed by atoms with Gasteiger partial charge in [-0.1, -0.05) is 91.0 Å². The van der Waals surface area contributed by atoms with Gasteiger partial charge in [-0.2, -0.15) is 0 Å². The lowest BCUT2D eigenvalue weighted by atomic mass is 9.80. The van der Waals surface area contributed by atoms with Gasteiger partial charge in [0.2, 0.25) is 0 Å². The van der Waals surface area contributed by atoms with E-state index in [2.05, 4.69) is 0 Å². The van der Waals surface area contributed by atoms with Crippen LogP contribution in [0, 0.1) is 0 Å². The van der Waals surface area contributed by atoms with Crippen LogP contribution < -0.4 is 0 Å². The van der Waals surface area contributed by atoms with Crippen molar-refractivity contribution in [1.82, 2.24) is 0 Å². The molecule has 0 amide bonds. The van der Waals surface area contributed by atoms with Crippen LogP contribution in [-0.4, -0.2) is 24.5 Å². The van der Waals surface area contributed by atoms with Gasteiger partial charge in [-0.15, -0.1) is 0 Å². The summed E-state index contributed by atoms with van der Waals surface area (Å²) < 4.78 is 19.0. The van der Waals surface area contributed by atoms with Crippen molar-refractivity contribution in [2.75, 3.05) is 19.4 Å². The van der Waals surface area contributed by atoms with Gasteiger partial charge in [-0.25, -0.2) is 0 Å². The largest absolute Gasteiger partial charge is 0.389 e. The van der Waals surface area contributed by atoms with Crippen LogP contribution in [0.5, 0.6) is 0 Å². The van der Waals surface area contributed by atoms with Crippen LogP contribution in [0.15, 0.2) is 91.0 Å². The molecule has 0 aliphatic heterocycles. The van der Waals surface area contributed by atoms with Gasteiger partial charge in [0.25, 0.3) is 0 Å². The number of hydrogen-bond donors (Lipinski definition) is 1. The Morgan fingerprint density at radius 3 is 1.42 bits per heavy atom. The third kappa shape index (κ3) is 3.81. The molecule has 0 radical (unpaired) electrons. The number of benzene rings is 3. The van der Waals surface area contributed by atoms with Gasteiger partial charge in [0, 0.05) is 0 Å². The molecule has 1 atom stereocenters. The van der Waals surface area contributed by atoms with Crippen molar-refractivity contribution in [1.29, 1.82) is 0 Å². The fourth-order valence-electron chi connectivity index (χ4n) is 3.04. The molecule has 0 fully saturated rings. The van der Waals surface area contributed by atoms with Crippen molar-refractivity contribution in [2.24, 2.45) is 0 Å². The second kappa shape index (κ2) is 8.01. The van der Waals surface area contributed by atoms with Gasteiger partial charge in [0.15, 0.2) is 0 Å². The average Bonchev–Trinajstić information content (AvgIpc) is 2.71. The molecular formula is C22H23O3P. The summed E-state index contributed by atoms with van der Waals surface area (Å²) in [5.41, 5.74) is 1.96. The maximum Gasteiger partial charge on any atom is 0.144 e. The predicted molar refractivity (Wildman–Crippen MR) is 106 cm³/mol. The van der Waals surface area contributed by atoms with E-state index >= 15 is 0 Å². The molecule has 0 bridgehead atoms. The molecule has 0 heterocycles. The summed E-state index contributed by atoms with van der Waals surface area (Å²) >= 11 is 0. The lowest BCUT2D eigenvalue weighted by molar-refractivity contribution is 0.0416. The molecule has 0 aromatic heterocycles.